The highest BCUT2D eigenvalue weighted by Gasteiger charge is 2.17. The zero-order valence-corrected chi connectivity index (χ0v) is 13.5. The van der Waals surface area contributed by atoms with E-state index in [9.17, 15) is 9.18 Å². The Balaban J connectivity index is 0.00000361. The molecule has 1 amide bonds. The molecular formula is C14H21Cl2FN2O. The van der Waals surface area contributed by atoms with E-state index >= 15 is 0 Å². The van der Waals surface area contributed by atoms with Gasteiger partial charge in [-0.15, -0.1) is 12.4 Å². The lowest BCUT2D eigenvalue weighted by atomic mass is 10.0. The highest BCUT2D eigenvalue weighted by atomic mass is 35.5. The Labute approximate surface area is 130 Å². The van der Waals surface area contributed by atoms with Crippen LogP contribution in [0.2, 0.25) is 5.02 Å². The first-order chi connectivity index (χ1) is 8.82. The van der Waals surface area contributed by atoms with Gasteiger partial charge in [-0.1, -0.05) is 25.4 Å². The van der Waals surface area contributed by atoms with Crippen LogP contribution in [-0.2, 0) is 0 Å². The summed E-state index contributed by atoms with van der Waals surface area (Å²) in [4.78, 5) is 13.5. The molecule has 0 aromatic heterocycles. The molecule has 0 saturated heterocycles. The van der Waals surface area contributed by atoms with Crippen molar-refractivity contribution in [3.63, 3.8) is 0 Å². The van der Waals surface area contributed by atoms with Gasteiger partial charge in [-0.05, 0) is 30.5 Å². The molecule has 2 N–H and O–H groups in total. The van der Waals surface area contributed by atoms with Gasteiger partial charge in [0.1, 0.15) is 5.82 Å². The minimum absolute atomic E-state index is 0. The Hall–Kier alpha value is -0.840. The van der Waals surface area contributed by atoms with Gasteiger partial charge in [-0.3, -0.25) is 4.79 Å². The molecular weight excluding hydrogens is 302 g/mol. The molecule has 0 radical (unpaired) electrons. The molecule has 0 aliphatic carbocycles. The Morgan fingerprint density at radius 3 is 2.55 bits per heavy atom. The first-order valence-corrected chi connectivity index (χ1v) is 6.66. The highest BCUT2D eigenvalue weighted by molar-refractivity contribution is 6.30. The molecule has 0 spiro atoms. The molecule has 0 heterocycles. The number of nitrogens with two attached hydrogens (primary N) is 1. The third kappa shape index (κ3) is 5.27. The van der Waals surface area contributed by atoms with Crippen molar-refractivity contribution in [3.05, 3.63) is 34.6 Å². The van der Waals surface area contributed by atoms with Gasteiger partial charge < -0.3 is 10.6 Å². The summed E-state index contributed by atoms with van der Waals surface area (Å²) in [5.74, 6) is -0.599. The number of amides is 1. The summed E-state index contributed by atoms with van der Waals surface area (Å²) in [5.41, 5.74) is 5.96. The van der Waals surface area contributed by atoms with Crippen LogP contribution >= 0.6 is 24.0 Å². The molecule has 0 fully saturated rings. The van der Waals surface area contributed by atoms with Crippen molar-refractivity contribution in [2.24, 2.45) is 11.7 Å². The van der Waals surface area contributed by atoms with Crippen molar-refractivity contribution in [2.45, 2.75) is 26.3 Å². The maximum Gasteiger partial charge on any atom is 0.256 e. The quantitative estimate of drug-likeness (QED) is 0.903. The van der Waals surface area contributed by atoms with E-state index in [2.05, 4.69) is 0 Å². The fourth-order valence-electron chi connectivity index (χ4n) is 1.65. The Morgan fingerprint density at radius 2 is 2.05 bits per heavy atom. The lowest BCUT2D eigenvalue weighted by Crippen LogP contribution is -2.35. The fourth-order valence-corrected chi connectivity index (χ4v) is 1.80. The van der Waals surface area contributed by atoms with Crippen molar-refractivity contribution in [3.8, 4) is 0 Å². The number of halogens is 3. The number of carbonyl (C=O) groups is 1. The Morgan fingerprint density at radius 1 is 1.45 bits per heavy atom. The lowest BCUT2D eigenvalue weighted by Gasteiger charge is -2.21. The van der Waals surface area contributed by atoms with Crippen LogP contribution in [0.1, 0.15) is 30.6 Å². The summed E-state index contributed by atoms with van der Waals surface area (Å²) in [5, 5.41) is 0.276. The SMILES string of the molecule is CC(C)C(N)CCN(C)C(=O)c1ccc(Cl)cc1F.Cl. The van der Waals surface area contributed by atoms with E-state index in [-0.39, 0.29) is 34.9 Å². The third-order valence-corrected chi connectivity index (χ3v) is 3.40. The number of carbonyl (C=O) groups excluding carboxylic acids is 1. The first-order valence-electron chi connectivity index (χ1n) is 6.29. The number of rotatable bonds is 5. The average molecular weight is 323 g/mol. The van der Waals surface area contributed by atoms with Crippen LogP contribution < -0.4 is 5.73 Å². The zero-order chi connectivity index (χ0) is 14.6. The van der Waals surface area contributed by atoms with Gasteiger partial charge >= 0.3 is 0 Å². The topological polar surface area (TPSA) is 46.3 Å². The summed E-state index contributed by atoms with van der Waals surface area (Å²) in [6.07, 6.45) is 0.690. The molecule has 1 unspecified atom stereocenters. The second-order valence-electron chi connectivity index (χ2n) is 5.05. The lowest BCUT2D eigenvalue weighted by molar-refractivity contribution is 0.0784. The van der Waals surface area contributed by atoms with E-state index in [0.717, 1.165) is 6.07 Å². The van der Waals surface area contributed by atoms with E-state index < -0.39 is 5.82 Å². The molecule has 1 aromatic rings. The Bertz CT molecular complexity index is 455. The smallest absolute Gasteiger partial charge is 0.256 e. The van der Waals surface area contributed by atoms with Crippen molar-refractivity contribution in [1.29, 1.82) is 0 Å². The van der Waals surface area contributed by atoms with E-state index in [1.165, 1.54) is 17.0 Å². The summed E-state index contributed by atoms with van der Waals surface area (Å²) in [6.45, 7) is 4.57. The van der Waals surface area contributed by atoms with Crippen LogP contribution in [0.5, 0.6) is 0 Å². The Kier molecular flexibility index (Phi) is 8.09. The largest absolute Gasteiger partial charge is 0.342 e. The van der Waals surface area contributed by atoms with E-state index in [4.69, 9.17) is 17.3 Å². The van der Waals surface area contributed by atoms with Gasteiger partial charge in [0, 0.05) is 24.7 Å². The van der Waals surface area contributed by atoms with Crippen molar-refractivity contribution < 1.29 is 9.18 Å². The molecule has 3 nitrogen and oxygen atoms in total. The van der Waals surface area contributed by atoms with Gasteiger partial charge in [0.15, 0.2) is 0 Å². The summed E-state index contributed by atoms with van der Waals surface area (Å²) >= 11 is 5.66. The van der Waals surface area contributed by atoms with Gasteiger partial charge in [0.2, 0.25) is 0 Å². The monoisotopic (exact) mass is 322 g/mol. The molecule has 6 heteroatoms. The molecule has 20 heavy (non-hydrogen) atoms. The third-order valence-electron chi connectivity index (χ3n) is 3.16. The predicted molar refractivity (Wildman–Crippen MR) is 83.0 cm³/mol. The maximum atomic E-state index is 13.6. The molecule has 0 saturated carbocycles. The minimum Gasteiger partial charge on any atom is -0.342 e. The zero-order valence-electron chi connectivity index (χ0n) is 11.9. The normalized spacial score (nSPS) is 11.9. The van der Waals surface area contributed by atoms with Gasteiger partial charge in [-0.2, -0.15) is 0 Å². The first kappa shape index (κ1) is 19.2. The van der Waals surface area contributed by atoms with Crippen LogP contribution in [0.4, 0.5) is 4.39 Å². The number of hydrogen-bond donors (Lipinski definition) is 1. The highest BCUT2D eigenvalue weighted by Crippen LogP contribution is 2.16. The standard InChI is InChI=1S/C14H20ClFN2O.ClH/c1-9(2)13(17)6-7-18(3)14(19)11-5-4-10(15)8-12(11)16;/h4-5,8-9,13H,6-7,17H2,1-3H3;1H. The molecule has 1 atom stereocenters. The number of benzene rings is 1. The van der Waals surface area contributed by atoms with E-state index in [1.54, 1.807) is 7.05 Å². The molecule has 114 valence electrons. The second-order valence-corrected chi connectivity index (χ2v) is 5.48. The predicted octanol–water partition coefficient (Wildman–Crippen LogP) is 3.35. The second kappa shape index (κ2) is 8.45. The van der Waals surface area contributed by atoms with Gasteiger partial charge in [-0.25, -0.2) is 4.39 Å². The maximum absolute atomic E-state index is 13.6. The van der Waals surface area contributed by atoms with Gasteiger partial charge in [0.25, 0.3) is 5.91 Å². The fraction of sp³-hybridized carbons (Fsp3) is 0.500. The van der Waals surface area contributed by atoms with Crippen molar-refractivity contribution in [2.75, 3.05) is 13.6 Å². The van der Waals surface area contributed by atoms with Crippen LogP contribution in [0.15, 0.2) is 18.2 Å². The van der Waals surface area contributed by atoms with Crippen LogP contribution in [0, 0.1) is 11.7 Å². The van der Waals surface area contributed by atoms with Gasteiger partial charge in [0.05, 0.1) is 5.56 Å². The van der Waals surface area contributed by atoms with Crippen LogP contribution in [-0.4, -0.2) is 30.4 Å². The molecule has 0 aliphatic rings. The van der Waals surface area contributed by atoms with Crippen LogP contribution in [0.3, 0.4) is 0 Å². The molecule has 0 bridgehead atoms. The van der Waals surface area contributed by atoms with E-state index in [0.29, 0.717) is 18.9 Å². The average Bonchev–Trinajstić information content (AvgIpc) is 2.34. The molecule has 0 aliphatic heterocycles. The molecule has 1 rings (SSSR count). The van der Waals surface area contributed by atoms with E-state index in [1.807, 2.05) is 13.8 Å². The molecule has 1 aromatic carbocycles. The summed E-state index contributed by atoms with van der Waals surface area (Å²) in [7, 11) is 1.64. The summed E-state index contributed by atoms with van der Waals surface area (Å²) < 4.78 is 13.6. The summed E-state index contributed by atoms with van der Waals surface area (Å²) in [6, 6.07) is 4.08. The minimum atomic E-state index is -0.600. The van der Waals surface area contributed by atoms with Crippen molar-refractivity contribution in [1.82, 2.24) is 4.90 Å². The number of hydrogen-bond acceptors (Lipinski definition) is 2. The van der Waals surface area contributed by atoms with Crippen molar-refractivity contribution >= 4 is 29.9 Å². The van der Waals surface area contributed by atoms with Crippen LogP contribution in [0.25, 0.3) is 0 Å². The number of nitrogens with zero attached hydrogens (tertiary/aromatic N) is 1.